The zero-order chi connectivity index (χ0) is 14.8. The highest BCUT2D eigenvalue weighted by Crippen LogP contribution is 2.30. The second-order valence-electron chi connectivity index (χ2n) is 5.37. The van der Waals surface area contributed by atoms with Gasteiger partial charge >= 0.3 is 0 Å². The zero-order valence-corrected chi connectivity index (χ0v) is 12.6. The topological polar surface area (TPSA) is 20.2 Å². The number of aliphatic hydroxyl groups is 1. The molecule has 0 aromatic heterocycles. The molecule has 1 N–H and O–H groups in total. The predicted molar refractivity (Wildman–Crippen MR) is 88.8 cm³/mol. The molecule has 0 heterocycles. The molecule has 0 spiro atoms. The third-order valence-corrected chi connectivity index (χ3v) is 4.08. The Morgan fingerprint density at radius 2 is 1.81 bits per heavy atom. The maximum atomic E-state index is 10.7. The lowest BCUT2D eigenvalue weighted by atomic mass is 9.92. The van der Waals surface area contributed by atoms with Crippen LogP contribution in [0.15, 0.2) is 60.7 Å². The van der Waals surface area contributed by atoms with Crippen molar-refractivity contribution in [1.82, 2.24) is 0 Å². The maximum Gasteiger partial charge on any atom is 0.0838 e. The van der Waals surface area contributed by atoms with Crippen molar-refractivity contribution in [3.05, 3.63) is 82.4 Å². The molecule has 0 radical (unpaired) electrons. The number of rotatable bonds is 3. The summed E-state index contributed by atoms with van der Waals surface area (Å²) in [5.74, 6) is 0. The van der Waals surface area contributed by atoms with Gasteiger partial charge in [0.15, 0.2) is 0 Å². The molecule has 3 aromatic carbocycles. The van der Waals surface area contributed by atoms with Crippen LogP contribution in [0, 0.1) is 6.92 Å². The van der Waals surface area contributed by atoms with Crippen molar-refractivity contribution in [2.24, 2.45) is 0 Å². The van der Waals surface area contributed by atoms with Gasteiger partial charge in [0.2, 0.25) is 0 Å². The number of hydrogen-bond acceptors (Lipinski definition) is 1. The number of fused-ring (bicyclic) bond motifs is 1. The summed E-state index contributed by atoms with van der Waals surface area (Å²) < 4.78 is 0. The Labute approximate surface area is 129 Å². The summed E-state index contributed by atoms with van der Waals surface area (Å²) in [5.41, 5.74) is 3.17. The molecule has 0 aliphatic carbocycles. The van der Waals surface area contributed by atoms with Gasteiger partial charge in [-0.2, -0.15) is 0 Å². The van der Waals surface area contributed by atoms with Gasteiger partial charge in [0.05, 0.1) is 6.10 Å². The number of aryl methyl sites for hydroxylation is 1. The molecule has 3 aromatic rings. The first kappa shape index (κ1) is 14.1. The van der Waals surface area contributed by atoms with Crippen molar-refractivity contribution >= 4 is 22.4 Å². The fraction of sp³-hybridized carbons (Fsp3) is 0.158. The van der Waals surface area contributed by atoms with Crippen LogP contribution >= 0.6 is 11.6 Å². The molecule has 0 bridgehead atoms. The normalized spacial score (nSPS) is 12.5. The standard InChI is InChI=1S/C19H17ClO/c1-13-9-10-15-6-2-3-8-17(15)19(13)18(21)12-14-5-4-7-16(20)11-14/h2-11,18,21H,12H2,1H3. The van der Waals surface area contributed by atoms with E-state index in [4.69, 9.17) is 11.6 Å². The van der Waals surface area contributed by atoms with E-state index in [1.807, 2.05) is 43.3 Å². The van der Waals surface area contributed by atoms with Gasteiger partial charge in [0, 0.05) is 11.4 Å². The molecule has 2 heteroatoms. The monoisotopic (exact) mass is 296 g/mol. The van der Waals surface area contributed by atoms with Gasteiger partial charge in [-0.15, -0.1) is 0 Å². The molecular weight excluding hydrogens is 280 g/mol. The van der Waals surface area contributed by atoms with Gasteiger partial charge in [0.25, 0.3) is 0 Å². The average molecular weight is 297 g/mol. The van der Waals surface area contributed by atoms with Crippen LogP contribution < -0.4 is 0 Å². The van der Waals surface area contributed by atoms with E-state index >= 15 is 0 Å². The molecular formula is C19H17ClO. The van der Waals surface area contributed by atoms with E-state index in [0.29, 0.717) is 11.4 Å². The Balaban J connectivity index is 2.01. The van der Waals surface area contributed by atoms with Gasteiger partial charge in [-0.25, -0.2) is 0 Å². The van der Waals surface area contributed by atoms with Gasteiger partial charge < -0.3 is 5.11 Å². The largest absolute Gasteiger partial charge is 0.388 e. The summed E-state index contributed by atoms with van der Waals surface area (Å²) in [6.45, 7) is 2.04. The van der Waals surface area contributed by atoms with E-state index in [0.717, 1.165) is 27.5 Å². The Bertz CT molecular complexity index is 779. The SMILES string of the molecule is Cc1ccc2ccccc2c1C(O)Cc1cccc(Cl)c1. The van der Waals surface area contributed by atoms with E-state index in [-0.39, 0.29) is 0 Å². The number of halogens is 1. The second-order valence-corrected chi connectivity index (χ2v) is 5.80. The maximum absolute atomic E-state index is 10.7. The molecule has 0 aliphatic rings. The smallest absolute Gasteiger partial charge is 0.0838 e. The molecule has 106 valence electrons. The lowest BCUT2D eigenvalue weighted by molar-refractivity contribution is 0.179. The van der Waals surface area contributed by atoms with Crippen LogP contribution in [0.1, 0.15) is 22.8 Å². The molecule has 0 saturated heterocycles. The summed E-state index contributed by atoms with van der Waals surface area (Å²) >= 11 is 6.02. The Morgan fingerprint density at radius 1 is 1.00 bits per heavy atom. The van der Waals surface area contributed by atoms with Crippen molar-refractivity contribution in [2.75, 3.05) is 0 Å². The van der Waals surface area contributed by atoms with E-state index in [9.17, 15) is 5.11 Å². The Hall–Kier alpha value is -1.83. The van der Waals surface area contributed by atoms with Crippen LogP contribution in [-0.2, 0) is 6.42 Å². The fourth-order valence-electron chi connectivity index (χ4n) is 2.84. The van der Waals surface area contributed by atoms with Crippen LogP contribution in [-0.4, -0.2) is 5.11 Å². The zero-order valence-electron chi connectivity index (χ0n) is 11.9. The molecule has 21 heavy (non-hydrogen) atoms. The molecule has 1 atom stereocenters. The first-order valence-corrected chi connectivity index (χ1v) is 7.44. The summed E-state index contributed by atoms with van der Waals surface area (Å²) in [6.07, 6.45) is 0.0321. The molecule has 3 rings (SSSR count). The summed E-state index contributed by atoms with van der Waals surface area (Å²) in [7, 11) is 0. The van der Waals surface area contributed by atoms with Crippen molar-refractivity contribution < 1.29 is 5.11 Å². The molecule has 1 unspecified atom stereocenters. The molecule has 0 fully saturated rings. The highest BCUT2D eigenvalue weighted by molar-refractivity contribution is 6.30. The van der Waals surface area contributed by atoms with Crippen molar-refractivity contribution in [3.8, 4) is 0 Å². The fourth-order valence-corrected chi connectivity index (χ4v) is 3.05. The second kappa shape index (κ2) is 5.88. The van der Waals surface area contributed by atoms with Gasteiger partial charge in [-0.1, -0.05) is 60.1 Å². The van der Waals surface area contributed by atoms with E-state index in [1.54, 1.807) is 0 Å². The minimum Gasteiger partial charge on any atom is -0.388 e. The van der Waals surface area contributed by atoms with Crippen molar-refractivity contribution in [1.29, 1.82) is 0 Å². The van der Waals surface area contributed by atoms with Gasteiger partial charge in [-0.3, -0.25) is 0 Å². The first-order chi connectivity index (χ1) is 10.1. The Kier molecular flexibility index (Phi) is 3.96. The van der Waals surface area contributed by atoms with Crippen LogP contribution in [0.3, 0.4) is 0 Å². The van der Waals surface area contributed by atoms with Gasteiger partial charge in [0.1, 0.15) is 0 Å². The van der Waals surface area contributed by atoms with E-state index < -0.39 is 6.10 Å². The minimum absolute atomic E-state index is 0.533. The van der Waals surface area contributed by atoms with Crippen LogP contribution in [0.2, 0.25) is 5.02 Å². The molecule has 0 aliphatic heterocycles. The molecule has 1 nitrogen and oxygen atoms in total. The van der Waals surface area contributed by atoms with Crippen molar-refractivity contribution in [3.63, 3.8) is 0 Å². The highest BCUT2D eigenvalue weighted by atomic mass is 35.5. The van der Waals surface area contributed by atoms with E-state index in [1.165, 1.54) is 0 Å². The summed E-state index contributed by atoms with van der Waals surface area (Å²) in [4.78, 5) is 0. The van der Waals surface area contributed by atoms with E-state index in [2.05, 4.69) is 24.3 Å². The van der Waals surface area contributed by atoms with Crippen LogP contribution in [0.5, 0.6) is 0 Å². The lowest BCUT2D eigenvalue weighted by Crippen LogP contribution is -2.05. The Morgan fingerprint density at radius 3 is 2.62 bits per heavy atom. The van der Waals surface area contributed by atoms with Crippen LogP contribution in [0.4, 0.5) is 0 Å². The quantitative estimate of drug-likeness (QED) is 0.715. The third-order valence-electron chi connectivity index (χ3n) is 3.84. The third kappa shape index (κ3) is 2.94. The van der Waals surface area contributed by atoms with Crippen molar-refractivity contribution in [2.45, 2.75) is 19.4 Å². The lowest BCUT2D eigenvalue weighted by Gasteiger charge is -2.17. The number of benzene rings is 3. The molecule has 0 saturated carbocycles. The molecule has 0 amide bonds. The first-order valence-electron chi connectivity index (χ1n) is 7.06. The number of hydrogen-bond donors (Lipinski definition) is 1. The average Bonchev–Trinajstić information content (AvgIpc) is 2.47. The number of aliphatic hydroxyl groups excluding tert-OH is 1. The minimum atomic E-state index is -0.533. The highest BCUT2D eigenvalue weighted by Gasteiger charge is 2.14. The summed E-state index contributed by atoms with van der Waals surface area (Å²) in [6, 6.07) is 20.0. The van der Waals surface area contributed by atoms with Crippen LogP contribution in [0.25, 0.3) is 10.8 Å². The predicted octanol–water partition coefficient (Wildman–Crippen LogP) is 5.08. The summed E-state index contributed by atoms with van der Waals surface area (Å²) in [5, 5.41) is 13.7. The van der Waals surface area contributed by atoms with Gasteiger partial charge in [-0.05, 0) is 46.5 Å².